The summed E-state index contributed by atoms with van der Waals surface area (Å²) in [5.74, 6) is 4.88. The van der Waals surface area contributed by atoms with Crippen LogP contribution in [0.25, 0.3) is 0 Å². The minimum Gasteiger partial charge on any atom is -0.0496 e. The molecule has 0 N–H and O–H groups in total. The maximum atomic E-state index is 1.63. The lowest BCUT2D eigenvalue weighted by molar-refractivity contribution is -0.145. The van der Waals surface area contributed by atoms with Crippen LogP contribution in [-0.4, -0.2) is 0 Å². The zero-order chi connectivity index (χ0) is 7.05. The van der Waals surface area contributed by atoms with E-state index in [9.17, 15) is 0 Å². The highest BCUT2D eigenvalue weighted by Gasteiger charge is 2.72. The predicted octanol–water partition coefficient (Wildman–Crippen LogP) is 2.83. The van der Waals surface area contributed by atoms with Gasteiger partial charge in [0.2, 0.25) is 0 Å². The number of hydrogen-bond donors (Lipinski definition) is 0. The Balaban J connectivity index is 1.86. The summed E-state index contributed by atoms with van der Waals surface area (Å²) in [5, 5.41) is 0. The lowest BCUT2D eigenvalue weighted by atomic mass is 9.42. The van der Waals surface area contributed by atoms with Crippen molar-refractivity contribution in [3.8, 4) is 0 Å². The van der Waals surface area contributed by atoms with Crippen molar-refractivity contribution in [1.82, 2.24) is 0 Å². The average Bonchev–Trinajstić information content (AvgIpc) is 2.30. The molecule has 4 fully saturated rings. The van der Waals surface area contributed by atoms with E-state index < -0.39 is 0 Å². The molecule has 0 nitrogen and oxygen atoms in total. The molecular formula is C11H16. The monoisotopic (exact) mass is 148 g/mol. The van der Waals surface area contributed by atoms with Crippen LogP contribution in [0.4, 0.5) is 0 Å². The predicted molar refractivity (Wildman–Crippen MR) is 44.1 cm³/mol. The van der Waals surface area contributed by atoms with Gasteiger partial charge in [-0.05, 0) is 67.6 Å². The lowest BCUT2D eigenvalue weighted by Crippen LogP contribution is -2.56. The van der Waals surface area contributed by atoms with Gasteiger partial charge in [-0.25, -0.2) is 0 Å². The fourth-order valence-electron chi connectivity index (χ4n) is 5.46. The van der Waals surface area contributed by atoms with Gasteiger partial charge in [0.1, 0.15) is 0 Å². The van der Waals surface area contributed by atoms with Gasteiger partial charge in [-0.1, -0.05) is 0 Å². The van der Waals surface area contributed by atoms with Gasteiger partial charge in [-0.2, -0.15) is 0 Å². The fraction of sp³-hybridized carbons (Fsp3) is 1.00. The van der Waals surface area contributed by atoms with E-state index in [1.807, 2.05) is 0 Å². The Labute approximate surface area is 68.4 Å². The first kappa shape index (κ1) is 5.61. The first-order valence-corrected chi connectivity index (χ1v) is 5.42. The summed E-state index contributed by atoms with van der Waals surface area (Å²) >= 11 is 0. The topological polar surface area (TPSA) is 0 Å². The van der Waals surface area contributed by atoms with Crippen LogP contribution >= 0.6 is 0 Å². The molecule has 4 atom stereocenters. The summed E-state index contributed by atoms with van der Waals surface area (Å²) in [6.45, 7) is 0. The molecule has 0 aromatic rings. The first-order valence-electron chi connectivity index (χ1n) is 5.42. The Morgan fingerprint density at radius 1 is 0.636 bits per heavy atom. The quantitative estimate of drug-likeness (QED) is 0.495. The van der Waals surface area contributed by atoms with Crippen LogP contribution in [0.2, 0.25) is 0 Å². The van der Waals surface area contributed by atoms with Gasteiger partial charge in [0.05, 0.1) is 0 Å². The van der Waals surface area contributed by atoms with Gasteiger partial charge < -0.3 is 0 Å². The van der Waals surface area contributed by atoms with E-state index in [0.717, 1.165) is 5.41 Å². The van der Waals surface area contributed by atoms with Gasteiger partial charge in [0.15, 0.2) is 0 Å². The largest absolute Gasteiger partial charge is 0.0496 e. The third kappa shape index (κ3) is 0.363. The Hall–Kier alpha value is 0. The van der Waals surface area contributed by atoms with Crippen LogP contribution in [0.3, 0.4) is 0 Å². The molecule has 0 heterocycles. The molecule has 4 rings (SSSR count). The molecule has 0 amide bonds. The molecule has 0 saturated heterocycles. The van der Waals surface area contributed by atoms with E-state index in [0.29, 0.717) is 0 Å². The highest BCUT2D eigenvalue weighted by Crippen LogP contribution is 2.80. The van der Waals surface area contributed by atoms with Crippen LogP contribution in [0, 0.1) is 29.1 Å². The molecular weight excluding hydrogens is 132 g/mol. The second-order valence-corrected chi connectivity index (χ2v) is 5.41. The Kier molecular flexibility index (Phi) is 0.717. The van der Waals surface area contributed by atoms with Gasteiger partial charge >= 0.3 is 0 Å². The third-order valence-corrected chi connectivity index (χ3v) is 5.69. The number of hydrogen-bond acceptors (Lipinski definition) is 0. The standard InChI is InChI=1S/C11H16/c1-2-8-6-10-4-3-9-5-7(1)11(8,9)10/h7-10H,1-6H2/t7-,8?,9?,10-,11?/m0/s1. The van der Waals surface area contributed by atoms with Crippen molar-refractivity contribution in [2.24, 2.45) is 29.1 Å². The minimum atomic E-state index is 1.00. The molecule has 0 aliphatic heterocycles. The van der Waals surface area contributed by atoms with Crippen LogP contribution in [-0.2, 0) is 0 Å². The van der Waals surface area contributed by atoms with E-state index in [4.69, 9.17) is 0 Å². The first-order chi connectivity index (χ1) is 5.42. The van der Waals surface area contributed by atoms with Crippen molar-refractivity contribution in [3.63, 3.8) is 0 Å². The van der Waals surface area contributed by atoms with Crippen LogP contribution in [0.5, 0.6) is 0 Å². The molecule has 1 spiro atoms. The zero-order valence-electron chi connectivity index (χ0n) is 7.05. The van der Waals surface area contributed by atoms with Crippen molar-refractivity contribution in [1.29, 1.82) is 0 Å². The lowest BCUT2D eigenvalue weighted by Gasteiger charge is -2.62. The Morgan fingerprint density at radius 2 is 1.00 bits per heavy atom. The summed E-state index contributed by atoms with van der Waals surface area (Å²) in [6, 6.07) is 0. The van der Waals surface area contributed by atoms with Crippen molar-refractivity contribution in [3.05, 3.63) is 0 Å². The van der Waals surface area contributed by atoms with Gasteiger partial charge in [0.25, 0.3) is 0 Å². The van der Waals surface area contributed by atoms with E-state index in [2.05, 4.69) is 0 Å². The summed E-state index contributed by atoms with van der Waals surface area (Å²) in [7, 11) is 0. The summed E-state index contributed by atoms with van der Waals surface area (Å²) in [6.07, 6.45) is 9.70. The molecule has 0 radical (unpaired) electrons. The maximum absolute atomic E-state index is 1.63. The SMILES string of the molecule is C1C[C@H]2CC3CC[C@H]4CC1C342. The Bertz CT molecular complexity index is 171. The van der Waals surface area contributed by atoms with Gasteiger partial charge in [0, 0.05) is 0 Å². The summed E-state index contributed by atoms with van der Waals surface area (Å²) in [4.78, 5) is 0. The van der Waals surface area contributed by atoms with Crippen molar-refractivity contribution >= 4 is 0 Å². The molecule has 4 aliphatic rings. The highest BCUT2D eigenvalue weighted by atomic mass is 14.8. The number of rotatable bonds is 0. The van der Waals surface area contributed by atoms with Gasteiger partial charge in [-0.15, -0.1) is 0 Å². The molecule has 0 bridgehead atoms. The van der Waals surface area contributed by atoms with E-state index in [1.165, 1.54) is 23.7 Å². The maximum Gasteiger partial charge on any atom is -0.0184 e. The van der Waals surface area contributed by atoms with Crippen molar-refractivity contribution in [2.45, 2.75) is 38.5 Å². The molecule has 0 aromatic heterocycles. The Morgan fingerprint density at radius 3 is 1.36 bits per heavy atom. The highest BCUT2D eigenvalue weighted by molar-refractivity contribution is 5.21. The molecule has 2 unspecified atom stereocenters. The smallest absolute Gasteiger partial charge is 0.0184 e. The molecule has 0 heteroatoms. The van der Waals surface area contributed by atoms with Crippen molar-refractivity contribution in [2.75, 3.05) is 0 Å². The van der Waals surface area contributed by atoms with Crippen LogP contribution in [0.15, 0.2) is 0 Å². The fourth-order valence-corrected chi connectivity index (χ4v) is 5.46. The molecule has 60 valence electrons. The average molecular weight is 148 g/mol. The third-order valence-electron chi connectivity index (χ3n) is 5.69. The summed E-state index contributed by atoms with van der Waals surface area (Å²) in [5.41, 5.74) is 1.00. The summed E-state index contributed by atoms with van der Waals surface area (Å²) < 4.78 is 0. The molecule has 0 aromatic carbocycles. The minimum absolute atomic E-state index is 1.00. The van der Waals surface area contributed by atoms with E-state index in [1.54, 1.807) is 38.5 Å². The van der Waals surface area contributed by atoms with Crippen molar-refractivity contribution < 1.29 is 0 Å². The second kappa shape index (κ2) is 1.41. The van der Waals surface area contributed by atoms with E-state index in [-0.39, 0.29) is 0 Å². The van der Waals surface area contributed by atoms with E-state index >= 15 is 0 Å². The van der Waals surface area contributed by atoms with Gasteiger partial charge in [-0.3, -0.25) is 0 Å². The molecule has 11 heavy (non-hydrogen) atoms. The molecule has 4 saturated carbocycles. The normalized spacial score (nSPS) is 69.8. The second-order valence-electron chi connectivity index (χ2n) is 5.41. The zero-order valence-corrected chi connectivity index (χ0v) is 7.05. The van der Waals surface area contributed by atoms with Crippen LogP contribution < -0.4 is 0 Å². The van der Waals surface area contributed by atoms with Crippen LogP contribution in [0.1, 0.15) is 38.5 Å². The molecule has 4 aliphatic carbocycles.